The van der Waals surface area contributed by atoms with Gasteiger partial charge in [0.05, 0.1) is 19.4 Å². The minimum absolute atomic E-state index is 0.0252. The van der Waals surface area contributed by atoms with Gasteiger partial charge in [-0.15, -0.1) is 0 Å². The number of aromatic nitrogens is 2. The van der Waals surface area contributed by atoms with Gasteiger partial charge in [0.1, 0.15) is 18.1 Å². The van der Waals surface area contributed by atoms with Gasteiger partial charge >= 0.3 is 11.9 Å². The Labute approximate surface area is 202 Å². The third kappa shape index (κ3) is 10.8. The van der Waals surface area contributed by atoms with Crippen LogP contribution in [0.1, 0.15) is 12.0 Å². The lowest BCUT2D eigenvalue weighted by Crippen LogP contribution is -2.06. The van der Waals surface area contributed by atoms with Gasteiger partial charge in [-0.3, -0.25) is 4.98 Å². The largest absolute Gasteiger partial charge is 0.489 e. The van der Waals surface area contributed by atoms with Crippen molar-refractivity contribution in [2.75, 3.05) is 19.8 Å². The summed E-state index contributed by atoms with van der Waals surface area (Å²) >= 11 is 0. The van der Waals surface area contributed by atoms with Crippen LogP contribution in [0.4, 0.5) is 0 Å². The Bertz CT molecular complexity index is 1070. The number of para-hydroxylation sites is 1. The number of carboxylic acids is 2. The van der Waals surface area contributed by atoms with Gasteiger partial charge in [-0.2, -0.15) is 0 Å². The van der Waals surface area contributed by atoms with Crippen LogP contribution in [0, 0.1) is 0 Å². The first kappa shape index (κ1) is 26.8. The van der Waals surface area contributed by atoms with Crippen molar-refractivity contribution in [2.45, 2.75) is 12.8 Å². The third-order valence-electron chi connectivity index (χ3n) is 4.13. The van der Waals surface area contributed by atoms with Crippen LogP contribution in [0.5, 0.6) is 23.1 Å². The topological polar surface area (TPSA) is 148 Å². The maximum absolute atomic E-state index is 9.55. The molecule has 0 saturated heterocycles. The van der Waals surface area contributed by atoms with Crippen molar-refractivity contribution in [2.24, 2.45) is 0 Å². The summed E-state index contributed by atoms with van der Waals surface area (Å²) in [6.07, 6.45) is 7.75. The molecule has 0 aliphatic heterocycles. The van der Waals surface area contributed by atoms with Crippen molar-refractivity contribution in [3.8, 4) is 23.1 Å². The Kier molecular flexibility index (Phi) is 11.8. The molecular formula is C25H26N2O8. The lowest BCUT2D eigenvalue weighted by molar-refractivity contribution is -0.134. The number of nitrogens with zero attached hydrogens (tertiary/aromatic N) is 2. The number of hydrogen-bond donors (Lipinski definition) is 3. The van der Waals surface area contributed by atoms with Crippen LogP contribution < -0.4 is 14.2 Å². The summed E-state index contributed by atoms with van der Waals surface area (Å²) in [7, 11) is 0. The number of rotatable bonds is 12. The lowest BCUT2D eigenvalue weighted by atomic mass is 10.1. The molecule has 35 heavy (non-hydrogen) atoms. The van der Waals surface area contributed by atoms with E-state index in [1.165, 1.54) is 0 Å². The molecule has 3 rings (SSSR count). The van der Waals surface area contributed by atoms with Crippen molar-refractivity contribution in [1.29, 1.82) is 0 Å². The van der Waals surface area contributed by atoms with Crippen molar-refractivity contribution >= 4 is 11.9 Å². The molecule has 0 aliphatic carbocycles. The highest BCUT2D eigenvalue weighted by Gasteiger charge is 2.08. The fraction of sp³-hybridized carbons (Fsp3) is 0.200. The monoisotopic (exact) mass is 482 g/mol. The van der Waals surface area contributed by atoms with Gasteiger partial charge in [0.15, 0.2) is 5.75 Å². The fourth-order valence-corrected chi connectivity index (χ4v) is 2.65. The summed E-state index contributed by atoms with van der Waals surface area (Å²) in [5.74, 6) is -0.0586. The molecule has 0 aliphatic rings. The number of aliphatic hydroxyl groups is 1. The molecule has 0 spiro atoms. The average Bonchev–Trinajstić information content (AvgIpc) is 2.86. The minimum Gasteiger partial charge on any atom is -0.489 e. The number of carboxylic acid groups (broad SMARTS) is 2. The number of hydrogen-bond acceptors (Lipinski definition) is 8. The lowest BCUT2D eigenvalue weighted by Gasteiger charge is -2.12. The van der Waals surface area contributed by atoms with Crippen molar-refractivity contribution in [3.05, 3.63) is 84.8 Å². The normalized spacial score (nSPS) is 10.2. The molecule has 2 heterocycles. The van der Waals surface area contributed by atoms with E-state index in [1.54, 1.807) is 18.6 Å². The van der Waals surface area contributed by atoms with Gasteiger partial charge < -0.3 is 29.5 Å². The van der Waals surface area contributed by atoms with E-state index in [-0.39, 0.29) is 13.2 Å². The predicted octanol–water partition coefficient (Wildman–Crippen LogP) is 3.36. The van der Waals surface area contributed by atoms with E-state index in [9.17, 15) is 9.59 Å². The summed E-state index contributed by atoms with van der Waals surface area (Å²) < 4.78 is 17.2. The molecule has 3 N–H and O–H groups in total. The van der Waals surface area contributed by atoms with Crippen LogP contribution >= 0.6 is 0 Å². The molecule has 0 fully saturated rings. The van der Waals surface area contributed by atoms with Crippen LogP contribution in [0.2, 0.25) is 0 Å². The summed E-state index contributed by atoms with van der Waals surface area (Å²) in [6.45, 7) is 0.742. The standard InChI is InChI=1S/C21H22N2O4.C4H4O4/c24-13-15-26-20-16-22-12-10-17(20)6-5-14-25-19-9-4-11-23-21(19)27-18-7-2-1-3-8-18;5-3(6)1-2-4(7)8/h1-4,7-12,16,24H,5-6,13-15H2;1-2H,(H,5,6)(H,7,8)/b;2-1+. The highest BCUT2D eigenvalue weighted by molar-refractivity contribution is 5.89. The van der Waals surface area contributed by atoms with Gasteiger partial charge in [0, 0.05) is 24.5 Å². The minimum atomic E-state index is -1.26. The predicted molar refractivity (Wildman–Crippen MR) is 126 cm³/mol. The molecule has 0 unspecified atom stereocenters. The average molecular weight is 482 g/mol. The summed E-state index contributed by atoms with van der Waals surface area (Å²) in [6, 6.07) is 15.1. The van der Waals surface area contributed by atoms with Crippen LogP contribution in [0.25, 0.3) is 0 Å². The number of aryl methyl sites for hydroxylation is 1. The maximum atomic E-state index is 9.55. The SMILES string of the molecule is O=C(O)/C=C/C(=O)O.OCCOc1cnccc1CCCOc1cccnc1Oc1ccccc1. The van der Waals surface area contributed by atoms with E-state index in [4.69, 9.17) is 29.5 Å². The highest BCUT2D eigenvalue weighted by atomic mass is 16.5. The molecule has 184 valence electrons. The Morgan fingerprint density at radius 2 is 1.57 bits per heavy atom. The summed E-state index contributed by atoms with van der Waals surface area (Å²) in [5, 5.41) is 24.5. The number of pyridine rings is 2. The second-order valence-electron chi connectivity index (χ2n) is 6.74. The first-order chi connectivity index (χ1) is 17.0. The zero-order valence-corrected chi connectivity index (χ0v) is 18.8. The number of carbonyl (C=O) groups is 2. The Morgan fingerprint density at radius 3 is 2.26 bits per heavy atom. The van der Waals surface area contributed by atoms with Crippen LogP contribution in [0.3, 0.4) is 0 Å². The van der Waals surface area contributed by atoms with E-state index in [0.29, 0.717) is 41.9 Å². The zero-order chi connectivity index (χ0) is 25.3. The van der Waals surface area contributed by atoms with E-state index in [0.717, 1.165) is 18.4 Å². The van der Waals surface area contributed by atoms with E-state index in [1.807, 2.05) is 48.5 Å². The van der Waals surface area contributed by atoms with Crippen molar-refractivity contribution in [1.82, 2.24) is 9.97 Å². The first-order valence-corrected chi connectivity index (χ1v) is 10.6. The molecule has 10 nitrogen and oxygen atoms in total. The molecule has 0 bridgehead atoms. The second kappa shape index (κ2) is 15.4. The van der Waals surface area contributed by atoms with Gasteiger partial charge in [0.2, 0.25) is 0 Å². The molecule has 0 atom stereocenters. The molecule has 3 aromatic rings. The van der Waals surface area contributed by atoms with Gasteiger partial charge in [-0.05, 0) is 48.7 Å². The quantitative estimate of drug-likeness (QED) is 0.259. The fourth-order valence-electron chi connectivity index (χ4n) is 2.65. The van der Waals surface area contributed by atoms with Crippen molar-refractivity contribution in [3.63, 3.8) is 0 Å². The van der Waals surface area contributed by atoms with Crippen LogP contribution in [-0.2, 0) is 16.0 Å². The molecule has 2 aromatic heterocycles. The van der Waals surface area contributed by atoms with E-state index < -0.39 is 11.9 Å². The van der Waals surface area contributed by atoms with Crippen molar-refractivity contribution < 1.29 is 39.1 Å². The first-order valence-electron chi connectivity index (χ1n) is 10.6. The van der Waals surface area contributed by atoms with Gasteiger partial charge in [-0.1, -0.05) is 18.2 Å². The van der Waals surface area contributed by atoms with E-state index in [2.05, 4.69) is 9.97 Å². The van der Waals surface area contributed by atoms with E-state index >= 15 is 0 Å². The number of benzene rings is 1. The Morgan fingerprint density at radius 1 is 0.857 bits per heavy atom. The summed E-state index contributed by atoms with van der Waals surface area (Å²) in [5.41, 5.74) is 1.04. The maximum Gasteiger partial charge on any atom is 0.328 e. The smallest absolute Gasteiger partial charge is 0.328 e. The van der Waals surface area contributed by atoms with Gasteiger partial charge in [-0.25, -0.2) is 14.6 Å². The summed E-state index contributed by atoms with van der Waals surface area (Å²) in [4.78, 5) is 27.4. The molecule has 0 amide bonds. The Hall–Kier alpha value is -4.44. The Balaban J connectivity index is 0.000000466. The zero-order valence-electron chi connectivity index (χ0n) is 18.8. The molecule has 10 heteroatoms. The molecule has 1 aromatic carbocycles. The van der Waals surface area contributed by atoms with Crippen LogP contribution in [-0.4, -0.2) is 57.0 Å². The number of ether oxygens (including phenoxy) is 3. The number of aliphatic hydroxyl groups excluding tert-OH is 1. The molecule has 0 radical (unpaired) electrons. The highest BCUT2D eigenvalue weighted by Crippen LogP contribution is 2.29. The molecule has 0 saturated carbocycles. The second-order valence-corrected chi connectivity index (χ2v) is 6.74. The molecular weight excluding hydrogens is 456 g/mol. The van der Waals surface area contributed by atoms with Gasteiger partial charge in [0.25, 0.3) is 5.88 Å². The van der Waals surface area contributed by atoms with Crippen LogP contribution in [0.15, 0.2) is 79.3 Å². The third-order valence-corrected chi connectivity index (χ3v) is 4.13. The number of aliphatic carboxylic acids is 2.